The Balaban J connectivity index is 0.000000304. The molecule has 0 atom stereocenters. The van der Waals surface area contributed by atoms with Gasteiger partial charge in [-0.3, -0.25) is 0 Å². The molecule has 2 heterocycles. The number of rotatable bonds is 8. The molecule has 6 aromatic rings. The fourth-order valence-electron chi connectivity index (χ4n) is 4.51. The zero-order valence-corrected chi connectivity index (χ0v) is 38.0. The van der Waals surface area contributed by atoms with E-state index in [0.29, 0.717) is 24.4 Å². The quantitative estimate of drug-likeness (QED) is 0.0767. The first-order valence-corrected chi connectivity index (χ1v) is 27.2. The number of ether oxygens (including phenoxy) is 2. The van der Waals surface area contributed by atoms with Gasteiger partial charge in [-0.1, -0.05) is 36.4 Å². The van der Waals surface area contributed by atoms with Gasteiger partial charge in [0.05, 0.1) is 13.2 Å². The summed E-state index contributed by atoms with van der Waals surface area (Å²) in [6.45, 7) is 8.97. The number of hydrogen-bond donors (Lipinski definition) is 0. The Hall–Kier alpha value is -3.23. The van der Waals surface area contributed by atoms with Crippen LogP contribution in [-0.2, 0) is 0 Å². The fraction of sp³-hybridized carbons (Fsp3) is 0.167. The minimum absolute atomic E-state index is 0. The van der Waals surface area contributed by atoms with Gasteiger partial charge in [-0.15, -0.1) is 0 Å². The Morgan fingerprint density at radius 3 is 1.14 bits per heavy atom. The maximum absolute atomic E-state index is 11.5. The average Bonchev–Trinajstić information content (AvgIpc) is 3.05. The first-order chi connectivity index (χ1) is 26.0. The summed E-state index contributed by atoms with van der Waals surface area (Å²) in [7, 11) is -10.7. The second-order valence-corrected chi connectivity index (χ2v) is 22.8. The van der Waals surface area contributed by atoms with Crippen LogP contribution in [0.5, 0.6) is 11.5 Å². The van der Waals surface area contributed by atoms with E-state index in [0.717, 1.165) is 33.4 Å². The van der Waals surface area contributed by atoms with Crippen molar-refractivity contribution < 1.29 is 105 Å². The Kier molecular flexibility index (Phi) is 17.1. The molecule has 2 aromatic heterocycles. The van der Waals surface area contributed by atoms with Gasteiger partial charge in [-0.05, 0) is 63.1 Å². The van der Waals surface area contributed by atoms with Gasteiger partial charge < -0.3 is 23.0 Å². The van der Waals surface area contributed by atoms with E-state index < -0.39 is 28.1 Å². The molecule has 0 amide bonds. The van der Waals surface area contributed by atoms with Gasteiger partial charge in [-0.2, -0.15) is 0 Å². The van der Waals surface area contributed by atoms with Crippen molar-refractivity contribution in [2.75, 3.05) is 13.2 Å². The van der Waals surface area contributed by atoms with Crippen molar-refractivity contribution in [2.24, 2.45) is 0 Å². The molecule has 0 unspecified atom stereocenters. The van der Waals surface area contributed by atoms with E-state index >= 15 is 0 Å². The van der Waals surface area contributed by atoms with E-state index in [1.54, 1.807) is 0 Å². The van der Waals surface area contributed by atoms with E-state index in [4.69, 9.17) is 18.3 Å². The van der Waals surface area contributed by atoms with Crippen molar-refractivity contribution in [2.45, 2.75) is 27.7 Å². The monoisotopic (exact) mass is 1190 g/mol. The fourth-order valence-corrected chi connectivity index (χ4v) is 9.49. The zero-order chi connectivity index (χ0) is 42.9. The van der Waals surface area contributed by atoms with Gasteiger partial charge in [0.25, 0.3) is 0 Å². The maximum atomic E-state index is 11.5. The molecule has 22 heteroatoms. The number of fused-ring (bicyclic) bond motifs is 2. The third kappa shape index (κ3) is 20.6. The zero-order valence-electron chi connectivity index (χ0n) is 30.3. The molecule has 0 saturated carbocycles. The summed E-state index contributed by atoms with van der Waals surface area (Å²) in [5.41, 5.74) is 2.42. The molecule has 58 heavy (non-hydrogen) atoms. The number of hydrogen-bond acceptors (Lipinski definition) is 6. The molecule has 0 aliphatic heterocycles. The van der Waals surface area contributed by atoms with E-state index in [-0.39, 0.29) is 58.4 Å². The molecule has 0 saturated heterocycles. The van der Waals surface area contributed by atoms with Crippen LogP contribution >= 0.6 is 7.81 Å². The van der Waals surface area contributed by atoms with Crippen LogP contribution in [-0.4, -0.2) is 33.5 Å². The third-order valence-electron chi connectivity index (χ3n) is 6.50. The van der Waals surface area contributed by atoms with Crippen LogP contribution in [0.25, 0.3) is 21.9 Å². The van der Waals surface area contributed by atoms with Crippen LogP contribution in [0, 0.1) is 28.1 Å². The molecule has 320 valence electrons. The molecule has 0 aliphatic carbocycles. The molecular formula is C36H32F12I2O6PSb. The van der Waals surface area contributed by atoms with Crippen LogP contribution < -0.4 is 67.8 Å². The van der Waals surface area contributed by atoms with E-state index in [2.05, 4.69) is 60.7 Å². The first kappa shape index (κ1) is 50.9. The Bertz CT molecular complexity index is 2260. The molecule has 0 radical (unpaired) electrons. The molecule has 0 fully saturated rings. The summed E-state index contributed by atoms with van der Waals surface area (Å²) in [6.07, 6.45) is 0. The predicted molar refractivity (Wildman–Crippen MR) is 189 cm³/mol. The van der Waals surface area contributed by atoms with E-state index in [1.807, 2.05) is 52.0 Å². The summed E-state index contributed by atoms with van der Waals surface area (Å²) < 4.78 is 136. The van der Waals surface area contributed by atoms with Gasteiger partial charge in [0.2, 0.25) is 7.14 Å². The van der Waals surface area contributed by atoms with Gasteiger partial charge in [-0.25, -0.2) is 9.59 Å². The number of halogens is 14. The minimum atomic E-state index is -10.7. The molecule has 4 aromatic carbocycles. The van der Waals surface area contributed by atoms with Crippen molar-refractivity contribution in [3.05, 3.63) is 143 Å². The summed E-state index contributed by atoms with van der Waals surface area (Å²) in [6, 6.07) is 31.8. The first-order valence-electron chi connectivity index (χ1n) is 16.0. The summed E-state index contributed by atoms with van der Waals surface area (Å²) >= 11 is -9.88. The molecule has 0 spiro atoms. The second kappa shape index (κ2) is 19.4. The molecule has 0 aliphatic rings. The average molecular weight is 1200 g/mol. The second-order valence-electron chi connectivity index (χ2n) is 11.3. The van der Waals surface area contributed by atoms with Gasteiger partial charge in [0.1, 0.15) is 11.2 Å². The SMILES string of the molecule is CCOc1cc2oc(=O)cc(C)c2cc1[I+]c1ccccc1.CCOc1cc2oc(=O)cc(C)c2cc1[I+]c1ccccc1.F[P-](F)(F)(F)(F)F.[F-].[F][Sb]([F])([F])([F])[F]. The van der Waals surface area contributed by atoms with Crippen molar-refractivity contribution in [3.8, 4) is 11.5 Å². The molecule has 6 rings (SSSR count). The molecule has 0 N–H and O–H groups in total. The van der Waals surface area contributed by atoms with Gasteiger partial charge in [0.15, 0.2) is 18.6 Å². The normalized spacial score (nSPS) is 13.0. The molecule has 0 bridgehead atoms. The Labute approximate surface area is 347 Å². The standard InChI is InChI=1S/2C18H16IO3.F6P.6FH.Sb/c2*1-3-21-17-11-16-14(12(2)9-18(20)22-16)10-15(17)19-13-7-5-4-6-8-13;1-7(2,3,4,5)6;;;;;;;/h2*4-11H,3H2,1-2H3;;6*1H;/q2*+1;-1;;;;;;;+5/p-6. The van der Waals surface area contributed by atoms with Crippen LogP contribution in [0.3, 0.4) is 0 Å². The van der Waals surface area contributed by atoms with E-state index in [1.165, 1.54) is 26.4 Å². The predicted octanol–water partition coefficient (Wildman–Crippen LogP) is 3.36. The number of aryl methyl sites for hydroxylation is 2. The van der Waals surface area contributed by atoms with Gasteiger partial charge >= 0.3 is 121 Å². The van der Waals surface area contributed by atoms with Crippen molar-refractivity contribution in [1.82, 2.24) is 0 Å². The van der Waals surface area contributed by atoms with E-state index in [9.17, 15) is 48.8 Å². The summed E-state index contributed by atoms with van der Waals surface area (Å²) in [4.78, 5) is 23.1. The summed E-state index contributed by atoms with van der Waals surface area (Å²) in [5.74, 6) is 1.64. The topological polar surface area (TPSA) is 78.9 Å². The molecule has 6 nitrogen and oxygen atoms in total. The number of benzene rings is 4. The van der Waals surface area contributed by atoms with Crippen molar-refractivity contribution >= 4 is 50.0 Å². The van der Waals surface area contributed by atoms with Crippen LogP contribution in [0.2, 0.25) is 0 Å². The van der Waals surface area contributed by atoms with Crippen LogP contribution in [0.1, 0.15) is 25.0 Å². The summed E-state index contributed by atoms with van der Waals surface area (Å²) in [5, 5.41) is 1.96. The third-order valence-corrected chi connectivity index (χ3v) is 12.0. The van der Waals surface area contributed by atoms with Crippen LogP contribution in [0.4, 0.5) is 39.2 Å². The van der Waals surface area contributed by atoms with Crippen molar-refractivity contribution in [3.63, 3.8) is 0 Å². The van der Waals surface area contributed by atoms with Gasteiger partial charge in [0, 0.05) is 47.2 Å². The van der Waals surface area contributed by atoms with Crippen molar-refractivity contribution in [1.29, 1.82) is 0 Å². The Morgan fingerprint density at radius 2 is 0.862 bits per heavy atom. The Morgan fingerprint density at radius 1 is 0.569 bits per heavy atom. The molecular weight excluding hydrogens is 1160 g/mol. The van der Waals surface area contributed by atoms with Crippen LogP contribution in [0.15, 0.2) is 115 Å².